The van der Waals surface area contributed by atoms with Gasteiger partial charge in [0.05, 0.1) is 19.1 Å². The van der Waals surface area contributed by atoms with Crippen molar-refractivity contribution in [2.75, 3.05) is 6.54 Å². The minimum absolute atomic E-state index is 0.0385. The molecule has 3 fully saturated rings. The minimum atomic E-state index is -0.742. The topological polar surface area (TPSA) is 102 Å². The first-order valence-corrected chi connectivity index (χ1v) is 14.6. The quantitative estimate of drug-likeness (QED) is 0.331. The predicted molar refractivity (Wildman–Crippen MR) is 150 cm³/mol. The third-order valence-corrected chi connectivity index (χ3v) is 11.1. The smallest absolute Gasteiger partial charge is 0.344 e. The van der Waals surface area contributed by atoms with Crippen molar-refractivity contribution in [3.8, 4) is 0 Å². The molecule has 40 heavy (non-hydrogen) atoms. The van der Waals surface area contributed by atoms with Crippen molar-refractivity contribution in [1.82, 2.24) is 14.5 Å². The second-order valence-corrected chi connectivity index (χ2v) is 13.1. The first kappa shape index (κ1) is 28.5. The van der Waals surface area contributed by atoms with Gasteiger partial charge in [-0.25, -0.2) is 9.78 Å². The molecular formula is C32H43N3O5. The van der Waals surface area contributed by atoms with E-state index in [1.54, 1.807) is 40.3 Å². The molecule has 8 nitrogen and oxygen atoms in total. The zero-order valence-corrected chi connectivity index (χ0v) is 24.2. The van der Waals surface area contributed by atoms with Crippen LogP contribution < -0.4 is 0 Å². The normalized spacial score (nSPS) is 39.9. The number of carbonyl (C=O) groups is 3. The molecule has 3 aliphatic carbocycles. The number of aliphatic hydroxyl groups is 1. The zero-order valence-electron chi connectivity index (χ0n) is 24.2. The molecule has 3 saturated carbocycles. The molecule has 1 aliphatic heterocycles. The van der Waals surface area contributed by atoms with Crippen LogP contribution in [0.4, 0.5) is 0 Å². The SMILES string of the molecule is C=C[C@]1(C)C[C@@H](OC(=O)C2=CC=CCCN(Cn3ccnc3)C2=O)[C@]2(C)C(C)CC[C@]3(CCC(=O)C32)[C@@H](C)[C@@H]1O. The molecule has 216 valence electrons. The number of Topliss-reactive ketones (excluding diaryl/α,β-unsaturated/α-hetero) is 1. The average Bonchev–Trinajstić information content (AvgIpc) is 3.57. The first-order chi connectivity index (χ1) is 19.0. The number of rotatable bonds is 5. The molecule has 0 radical (unpaired) electrons. The molecular weight excluding hydrogens is 506 g/mol. The molecule has 2 heterocycles. The summed E-state index contributed by atoms with van der Waals surface area (Å²) in [7, 11) is 0. The van der Waals surface area contributed by atoms with E-state index < -0.39 is 34.9 Å². The van der Waals surface area contributed by atoms with Gasteiger partial charge in [0.2, 0.25) is 0 Å². The summed E-state index contributed by atoms with van der Waals surface area (Å²) >= 11 is 0. The highest BCUT2D eigenvalue weighted by molar-refractivity contribution is 6.16. The summed E-state index contributed by atoms with van der Waals surface area (Å²) in [6.07, 6.45) is 14.6. The first-order valence-electron chi connectivity index (χ1n) is 14.6. The molecule has 1 aromatic rings. The number of aromatic nitrogens is 2. The standard InChI is InChI=1S/C32H43N3O5/c1-6-30(4)18-25(31(5)21(2)11-13-32(22(3)27(30)37)14-12-24(36)26(31)32)40-29(39)23-10-8-7-9-16-35(28(23)38)20-34-17-15-33-19-34/h6-8,10,15,17,19,21-22,25-27,37H,1,9,11-14,16,18,20H2,2-5H3/t21?,22-,25+,26?,27-,30+,31-,32-/m0/s1. The van der Waals surface area contributed by atoms with E-state index in [1.807, 2.05) is 13.0 Å². The third-order valence-electron chi connectivity index (χ3n) is 11.1. The molecule has 1 aromatic heterocycles. The van der Waals surface area contributed by atoms with E-state index in [4.69, 9.17) is 4.74 Å². The molecule has 5 rings (SSSR count). The number of aliphatic hydroxyl groups excluding tert-OH is 1. The highest BCUT2D eigenvalue weighted by Crippen LogP contribution is 2.68. The lowest BCUT2D eigenvalue weighted by atomic mass is 9.44. The van der Waals surface area contributed by atoms with Gasteiger partial charge in [0.1, 0.15) is 17.5 Å². The summed E-state index contributed by atoms with van der Waals surface area (Å²) in [6.45, 7) is 13.1. The Balaban J connectivity index is 1.53. The Labute approximate surface area is 237 Å². The van der Waals surface area contributed by atoms with Crippen molar-refractivity contribution in [3.05, 3.63) is 55.2 Å². The predicted octanol–water partition coefficient (Wildman–Crippen LogP) is 4.46. The van der Waals surface area contributed by atoms with E-state index in [-0.39, 0.29) is 41.2 Å². The van der Waals surface area contributed by atoms with E-state index in [2.05, 4.69) is 32.3 Å². The fourth-order valence-corrected chi connectivity index (χ4v) is 8.39. The van der Waals surface area contributed by atoms with Gasteiger partial charge in [0.25, 0.3) is 5.91 Å². The van der Waals surface area contributed by atoms with E-state index in [9.17, 15) is 19.5 Å². The summed E-state index contributed by atoms with van der Waals surface area (Å²) in [5.41, 5.74) is -1.77. The Bertz CT molecular complexity index is 1240. The van der Waals surface area contributed by atoms with E-state index in [0.29, 0.717) is 25.8 Å². The second kappa shape index (κ2) is 10.4. The summed E-state index contributed by atoms with van der Waals surface area (Å²) < 4.78 is 8.18. The second-order valence-electron chi connectivity index (χ2n) is 13.1. The molecule has 2 bridgehead atoms. The maximum absolute atomic E-state index is 14.0. The Morgan fingerprint density at radius 1 is 1.27 bits per heavy atom. The van der Waals surface area contributed by atoms with Gasteiger partial charge in [-0.2, -0.15) is 0 Å². The van der Waals surface area contributed by atoms with Crippen LogP contribution in [0.5, 0.6) is 0 Å². The lowest BCUT2D eigenvalue weighted by Crippen LogP contribution is -2.63. The number of hydrogen-bond acceptors (Lipinski definition) is 6. The number of imidazole rings is 1. The summed E-state index contributed by atoms with van der Waals surface area (Å²) in [5.74, 6) is -1.20. The van der Waals surface area contributed by atoms with Crippen molar-refractivity contribution < 1.29 is 24.2 Å². The van der Waals surface area contributed by atoms with E-state index in [0.717, 1.165) is 19.3 Å². The molecule has 1 amide bonds. The summed E-state index contributed by atoms with van der Waals surface area (Å²) in [4.78, 5) is 47.0. The largest absolute Gasteiger partial charge is 0.458 e. The van der Waals surface area contributed by atoms with Crippen LogP contribution in [0.15, 0.2) is 55.2 Å². The third kappa shape index (κ3) is 4.39. The van der Waals surface area contributed by atoms with Gasteiger partial charge in [-0.15, -0.1) is 6.58 Å². The summed E-state index contributed by atoms with van der Waals surface area (Å²) in [5, 5.41) is 11.7. The van der Waals surface area contributed by atoms with Crippen LogP contribution in [0.3, 0.4) is 0 Å². The fraction of sp³-hybridized carbons (Fsp3) is 0.625. The number of ether oxygens (including phenoxy) is 1. The van der Waals surface area contributed by atoms with Crippen LogP contribution in [0, 0.1) is 34.0 Å². The van der Waals surface area contributed by atoms with Gasteiger partial charge in [-0.05, 0) is 55.4 Å². The molecule has 2 unspecified atom stereocenters. The van der Waals surface area contributed by atoms with Gasteiger partial charge in [0.15, 0.2) is 0 Å². The van der Waals surface area contributed by atoms with Crippen LogP contribution in [0.1, 0.15) is 66.2 Å². The maximum Gasteiger partial charge on any atom is 0.344 e. The van der Waals surface area contributed by atoms with E-state index >= 15 is 0 Å². The zero-order chi connectivity index (χ0) is 28.9. The highest BCUT2D eigenvalue weighted by atomic mass is 16.5. The van der Waals surface area contributed by atoms with Crippen LogP contribution >= 0.6 is 0 Å². The Morgan fingerprint density at radius 3 is 2.75 bits per heavy atom. The van der Waals surface area contributed by atoms with Gasteiger partial charge >= 0.3 is 5.97 Å². The monoisotopic (exact) mass is 549 g/mol. The number of allylic oxidation sites excluding steroid dienone is 2. The van der Waals surface area contributed by atoms with Crippen molar-refractivity contribution in [1.29, 1.82) is 0 Å². The molecule has 4 aliphatic rings. The molecule has 0 saturated heterocycles. The lowest BCUT2D eigenvalue weighted by molar-refractivity contribution is -0.204. The Hall–Kier alpha value is -3.00. The van der Waals surface area contributed by atoms with Crippen molar-refractivity contribution in [2.24, 2.45) is 34.0 Å². The van der Waals surface area contributed by atoms with Gasteiger partial charge in [-0.1, -0.05) is 45.9 Å². The average molecular weight is 550 g/mol. The highest BCUT2D eigenvalue weighted by Gasteiger charge is 2.68. The van der Waals surface area contributed by atoms with Crippen molar-refractivity contribution >= 4 is 17.7 Å². The maximum atomic E-state index is 14.0. The van der Waals surface area contributed by atoms with Crippen molar-refractivity contribution in [3.63, 3.8) is 0 Å². The lowest BCUT2D eigenvalue weighted by Gasteiger charge is -2.61. The van der Waals surface area contributed by atoms with Gasteiger partial charge in [0, 0.05) is 42.1 Å². The van der Waals surface area contributed by atoms with Crippen LogP contribution in [-0.4, -0.2) is 56.0 Å². The van der Waals surface area contributed by atoms with Gasteiger partial charge in [-0.3, -0.25) is 9.59 Å². The van der Waals surface area contributed by atoms with Gasteiger partial charge < -0.3 is 19.3 Å². The minimum Gasteiger partial charge on any atom is -0.458 e. The Kier molecular flexibility index (Phi) is 7.44. The van der Waals surface area contributed by atoms with Crippen LogP contribution in [0.2, 0.25) is 0 Å². The fourth-order valence-electron chi connectivity index (χ4n) is 8.39. The van der Waals surface area contributed by atoms with Crippen molar-refractivity contribution in [2.45, 2.75) is 85.1 Å². The number of hydrogen-bond donors (Lipinski definition) is 1. The number of carbonyl (C=O) groups excluding carboxylic acids is 3. The number of nitrogens with zero attached hydrogens (tertiary/aromatic N) is 3. The number of amides is 1. The number of esters is 1. The summed E-state index contributed by atoms with van der Waals surface area (Å²) in [6, 6.07) is 0. The molecule has 8 atom stereocenters. The number of ketones is 1. The van der Waals surface area contributed by atoms with Crippen LogP contribution in [-0.2, 0) is 25.8 Å². The van der Waals surface area contributed by atoms with E-state index in [1.165, 1.54) is 6.08 Å². The molecule has 0 spiro atoms. The molecule has 8 heteroatoms. The molecule has 0 aromatic carbocycles. The van der Waals surface area contributed by atoms with Crippen LogP contribution in [0.25, 0.3) is 0 Å². The Morgan fingerprint density at radius 2 is 2.05 bits per heavy atom. The molecule has 1 N–H and O–H groups in total.